The minimum atomic E-state index is 0.878. The molecule has 0 spiro atoms. The first-order valence-corrected chi connectivity index (χ1v) is 7.86. The molecule has 1 saturated heterocycles. The lowest BCUT2D eigenvalue weighted by atomic mass is 10.2. The summed E-state index contributed by atoms with van der Waals surface area (Å²) in [5.41, 5.74) is 1.16. The van der Waals surface area contributed by atoms with E-state index in [4.69, 9.17) is 0 Å². The summed E-state index contributed by atoms with van der Waals surface area (Å²) in [7, 11) is 2.16. The number of benzene rings is 1. The topological polar surface area (TPSA) is 35.5 Å². The number of anilines is 3. The van der Waals surface area contributed by atoms with Crippen LogP contribution < -0.4 is 9.80 Å². The number of hydrogen-bond donors (Lipinski definition) is 0. The van der Waals surface area contributed by atoms with E-state index in [0.29, 0.717) is 0 Å². The lowest BCUT2D eigenvalue weighted by molar-refractivity contribution is 0.312. The van der Waals surface area contributed by atoms with Crippen LogP contribution in [-0.4, -0.2) is 54.6 Å². The smallest absolute Gasteiger partial charge is 0.138 e. The number of likely N-dealkylation sites (N-methyl/N-ethyl adjacent to an activating group) is 1. The number of aromatic nitrogens is 2. The maximum atomic E-state index is 4.47. The third-order valence-corrected chi connectivity index (χ3v) is 4.13. The van der Waals surface area contributed by atoms with Crippen LogP contribution in [0.1, 0.15) is 6.92 Å². The van der Waals surface area contributed by atoms with Crippen molar-refractivity contribution in [1.82, 2.24) is 14.9 Å². The Kier molecular flexibility index (Phi) is 4.53. The highest BCUT2D eigenvalue weighted by Gasteiger charge is 2.17. The van der Waals surface area contributed by atoms with Gasteiger partial charge >= 0.3 is 0 Å². The molecule has 0 N–H and O–H groups in total. The molecule has 116 valence electrons. The van der Waals surface area contributed by atoms with Crippen molar-refractivity contribution >= 4 is 17.3 Å². The summed E-state index contributed by atoms with van der Waals surface area (Å²) >= 11 is 0. The van der Waals surface area contributed by atoms with E-state index in [-0.39, 0.29) is 0 Å². The zero-order valence-corrected chi connectivity index (χ0v) is 13.3. The second kappa shape index (κ2) is 6.75. The second-order valence-electron chi connectivity index (χ2n) is 5.60. The number of para-hydroxylation sites is 1. The number of rotatable bonds is 4. The summed E-state index contributed by atoms with van der Waals surface area (Å²) in [6.45, 7) is 7.22. The zero-order valence-electron chi connectivity index (χ0n) is 13.3. The first-order chi connectivity index (χ1) is 10.8. The number of piperazine rings is 1. The standard InChI is InChI=1S/C17H23N5/c1-3-22(15-7-5-4-6-8-15)17-13-16(18-14-19-17)21-11-9-20(2)10-12-21/h4-8,13-14H,3,9-12H2,1-2H3. The van der Waals surface area contributed by atoms with Crippen molar-refractivity contribution < 1.29 is 0 Å². The van der Waals surface area contributed by atoms with Gasteiger partial charge < -0.3 is 14.7 Å². The lowest BCUT2D eigenvalue weighted by Crippen LogP contribution is -2.44. The number of nitrogens with zero attached hydrogens (tertiary/aromatic N) is 5. The van der Waals surface area contributed by atoms with E-state index in [0.717, 1.165) is 50.0 Å². The van der Waals surface area contributed by atoms with E-state index in [1.54, 1.807) is 6.33 Å². The van der Waals surface area contributed by atoms with Crippen molar-refractivity contribution in [1.29, 1.82) is 0 Å². The molecular weight excluding hydrogens is 274 g/mol. The molecule has 3 rings (SSSR count). The first-order valence-electron chi connectivity index (χ1n) is 7.86. The average Bonchev–Trinajstić information content (AvgIpc) is 2.57. The quantitative estimate of drug-likeness (QED) is 0.866. The van der Waals surface area contributed by atoms with Crippen LogP contribution in [0, 0.1) is 0 Å². The van der Waals surface area contributed by atoms with Crippen molar-refractivity contribution in [2.45, 2.75) is 6.92 Å². The van der Waals surface area contributed by atoms with Crippen LogP contribution in [0.25, 0.3) is 0 Å². The van der Waals surface area contributed by atoms with Gasteiger partial charge in [-0.05, 0) is 26.1 Å². The zero-order chi connectivity index (χ0) is 15.4. The maximum Gasteiger partial charge on any atom is 0.138 e. The fraction of sp³-hybridized carbons (Fsp3) is 0.412. The summed E-state index contributed by atoms with van der Waals surface area (Å²) in [6.07, 6.45) is 1.68. The molecule has 0 unspecified atom stereocenters. The van der Waals surface area contributed by atoms with Crippen LogP contribution in [0.15, 0.2) is 42.7 Å². The molecule has 2 aromatic rings. The molecule has 0 saturated carbocycles. The van der Waals surface area contributed by atoms with Crippen molar-refractivity contribution in [3.63, 3.8) is 0 Å². The van der Waals surface area contributed by atoms with Gasteiger partial charge in [-0.1, -0.05) is 18.2 Å². The Hall–Kier alpha value is -2.14. The predicted molar refractivity (Wildman–Crippen MR) is 90.9 cm³/mol. The molecule has 1 aromatic carbocycles. The van der Waals surface area contributed by atoms with Crippen LogP contribution in [0.5, 0.6) is 0 Å². The van der Waals surface area contributed by atoms with E-state index >= 15 is 0 Å². The Labute approximate surface area is 132 Å². The van der Waals surface area contributed by atoms with Gasteiger partial charge in [0.05, 0.1) is 0 Å². The molecule has 1 aliphatic heterocycles. The van der Waals surface area contributed by atoms with Gasteiger partial charge in [0.25, 0.3) is 0 Å². The van der Waals surface area contributed by atoms with E-state index in [9.17, 15) is 0 Å². The largest absolute Gasteiger partial charge is 0.354 e. The molecule has 22 heavy (non-hydrogen) atoms. The van der Waals surface area contributed by atoms with Gasteiger partial charge in [0.1, 0.15) is 18.0 Å². The lowest BCUT2D eigenvalue weighted by Gasteiger charge is -2.33. The fourth-order valence-corrected chi connectivity index (χ4v) is 2.78. The predicted octanol–water partition coefficient (Wildman–Crippen LogP) is 2.39. The maximum absolute atomic E-state index is 4.47. The fourth-order valence-electron chi connectivity index (χ4n) is 2.78. The summed E-state index contributed by atoms with van der Waals surface area (Å²) in [6, 6.07) is 12.5. The minimum absolute atomic E-state index is 0.878. The van der Waals surface area contributed by atoms with Crippen molar-refractivity contribution in [2.75, 3.05) is 49.6 Å². The normalized spacial score (nSPS) is 15.8. The van der Waals surface area contributed by atoms with Gasteiger partial charge in [-0.3, -0.25) is 0 Å². The molecule has 5 heteroatoms. The highest BCUT2D eigenvalue weighted by atomic mass is 15.3. The monoisotopic (exact) mass is 297 g/mol. The molecule has 2 heterocycles. The molecule has 0 bridgehead atoms. The van der Waals surface area contributed by atoms with Crippen molar-refractivity contribution in [3.8, 4) is 0 Å². The van der Waals surface area contributed by atoms with Gasteiger partial charge in [-0.15, -0.1) is 0 Å². The second-order valence-corrected chi connectivity index (χ2v) is 5.60. The van der Waals surface area contributed by atoms with Gasteiger partial charge in [-0.25, -0.2) is 9.97 Å². The Balaban J connectivity index is 1.84. The van der Waals surface area contributed by atoms with E-state index in [2.05, 4.69) is 69.0 Å². The van der Waals surface area contributed by atoms with Crippen LogP contribution in [0.3, 0.4) is 0 Å². The van der Waals surface area contributed by atoms with Crippen LogP contribution >= 0.6 is 0 Å². The van der Waals surface area contributed by atoms with E-state index in [1.165, 1.54) is 0 Å². The third kappa shape index (κ3) is 3.20. The summed E-state index contributed by atoms with van der Waals surface area (Å²) in [5.74, 6) is 1.98. The van der Waals surface area contributed by atoms with E-state index in [1.807, 2.05) is 6.07 Å². The SMILES string of the molecule is CCN(c1ccccc1)c1cc(N2CCN(C)CC2)ncn1. The summed E-state index contributed by atoms with van der Waals surface area (Å²) < 4.78 is 0. The van der Waals surface area contributed by atoms with Crippen molar-refractivity contribution in [2.24, 2.45) is 0 Å². The minimum Gasteiger partial charge on any atom is -0.354 e. The molecule has 0 atom stereocenters. The Morgan fingerprint density at radius 2 is 1.77 bits per heavy atom. The number of hydrogen-bond acceptors (Lipinski definition) is 5. The van der Waals surface area contributed by atoms with Gasteiger partial charge in [0.2, 0.25) is 0 Å². The molecular formula is C17H23N5. The van der Waals surface area contributed by atoms with Crippen molar-refractivity contribution in [3.05, 3.63) is 42.7 Å². The molecule has 5 nitrogen and oxygen atoms in total. The van der Waals surface area contributed by atoms with Crippen LogP contribution in [0.4, 0.5) is 17.3 Å². The molecule has 0 aliphatic carbocycles. The summed E-state index contributed by atoms with van der Waals surface area (Å²) in [5, 5.41) is 0. The van der Waals surface area contributed by atoms with Gasteiger partial charge in [0, 0.05) is 44.5 Å². The van der Waals surface area contributed by atoms with Gasteiger partial charge in [-0.2, -0.15) is 0 Å². The Morgan fingerprint density at radius 3 is 2.45 bits per heavy atom. The third-order valence-electron chi connectivity index (χ3n) is 4.13. The molecule has 0 radical (unpaired) electrons. The van der Waals surface area contributed by atoms with Gasteiger partial charge in [0.15, 0.2) is 0 Å². The first kappa shape index (κ1) is 14.8. The highest BCUT2D eigenvalue weighted by Crippen LogP contribution is 2.25. The Bertz CT molecular complexity index is 593. The van der Waals surface area contributed by atoms with Crippen LogP contribution in [-0.2, 0) is 0 Å². The average molecular weight is 297 g/mol. The molecule has 0 amide bonds. The molecule has 1 aliphatic rings. The highest BCUT2D eigenvalue weighted by molar-refractivity contribution is 5.62. The van der Waals surface area contributed by atoms with Crippen LogP contribution in [0.2, 0.25) is 0 Å². The Morgan fingerprint density at radius 1 is 1.05 bits per heavy atom. The summed E-state index contributed by atoms with van der Waals surface area (Å²) in [4.78, 5) is 15.8. The molecule has 1 fully saturated rings. The van der Waals surface area contributed by atoms with E-state index < -0.39 is 0 Å². The molecule has 1 aromatic heterocycles.